The van der Waals surface area contributed by atoms with Crippen molar-refractivity contribution in [1.82, 2.24) is 0 Å². The van der Waals surface area contributed by atoms with Crippen molar-refractivity contribution in [3.05, 3.63) is 71.0 Å². The van der Waals surface area contributed by atoms with Gasteiger partial charge in [-0.3, -0.25) is 0 Å². The Morgan fingerprint density at radius 1 is 0.900 bits per heavy atom. The van der Waals surface area contributed by atoms with Crippen LogP contribution in [0.3, 0.4) is 0 Å². The molecule has 0 bridgehead atoms. The van der Waals surface area contributed by atoms with Gasteiger partial charge in [0.25, 0.3) is 0 Å². The lowest BCUT2D eigenvalue weighted by atomic mass is 9.94. The molecule has 0 aliphatic rings. The van der Waals surface area contributed by atoms with Crippen LogP contribution < -0.4 is 5.73 Å². The molecule has 0 amide bonds. The molecule has 20 heavy (non-hydrogen) atoms. The summed E-state index contributed by atoms with van der Waals surface area (Å²) in [6.45, 7) is 0.415. The quantitative estimate of drug-likeness (QED) is 0.722. The summed E-state index contributed by atoms with van der Waals surface area (Å²) >= 11 is 6.09. The number of benzene rings is 3. The van der Waals surface area contributed by atoms with Gasteiger partial charge in [0.15, 0.2) is 0 Å². The molecular weight excluding hydrogens is 273 g/mol. The number of hydrogen-bond acceptors (Lipinski definition) is 1. The molecule has 0 aliphatic carbocycles. The van der Waals surface area contributed by atoms with Gasteiger partial charge in [0, 0.05) is 17.0 Å². The van der Waals surface area contributed by atoms with Gasteiger partial charge in [0.05, 0.1) is 0 Å². The van der Waals surface area contributed by atoms with Gasteiger partial charge in [-0.25, -0.2) is 4.39 Å². The second-order valence-electron chi connectivity index (χ2n) is 4.65. The molecule has 0 spiro atoms. The molecule has 0 heterocycles. The lowest BCUT2D eigenvalue weighted by Gasteiger charge is -2.12. The molecule has 3 aromatic rings. The Labute approximate surface area is 121 Å². The molecule has 0 saturated heterocycles. The first-order chi connectivity index (χ1) is 9.70. The molecule has 0 atom stereocenters. The molecule has 3 rings (SSSR count). The molecule has 2 N–H and O–H groups in total. The van der Waals surface area contributed by atoms with Gasteiger partial charge >= 0.3 is 0 Å². The lowest BCUT2D eigenvalue weighted by molar-refractivity contribution is 0.640. The average Bonchev–Trinajstić information content (AvgIpc) is 2.48. The fourth-order valence-electron chi connectivity index (χ4n) is 2.47. The molecule has 1 nitrogen and oxygen atoms in total. The first-order valence-corrected chi connectivity index (χ1v) is 6.74. The molecule has 3 heteroatoms. The van der Waals surface area contributed by atoms with E-state index in [2.05, 4.69) is 0 Å². The van der Waals surface area contributed by atoms with Crippen LogP contribution in [0.4, 0.5) is 4.39 Å². The van der Waals surface area contributed by atoms with Gasteiger partial charge in [-0.15, -0.1) is 0 Å². The topological polar surface area (TPSA) is 26.0 Å². The van der Waals surface area contributed by atoms with Crippen LogP contribution in [0.15, 0.2) is 54.6 Å². The van der Waals surface area contributed by atoms with Crippen LogP contribution in [-0.2, 0) is 6.54 Å². The standard InChI is InChI=1S/C17H13ClFN/c18-12-6-5-11(10-20)16(9-12)14-7-8-17(19)15-4-2-1-3-13(14)15/h1-9H,10,20H2. The summed E-state index contributed by atoms with van der Waals surface area (Å²) in [6.07, 6.45) is 0. The highest BCUT2D eigenvalue weighted by atomic mass is 35.5. The van der Waals surface area contributed by atoms with Crippen molar-refractivity contribution in [2.45, 2.75) is 6.54 Å². The van der Waals surface area contributed by atoms with Gasteiger partial charge < -0.3 is 5.73 Å². The van der Waals surface area contributed by atoms with Crippen LogP contribution in [0, 0.1) is 5.82 Å². The minimum absolute atomic E-state index is 0.222. The molecule has 100 valence electrons. The Bertz CT molecular complexity index is 783. The zero-order chi connectivity index (χ0) is 14.1. The number of fused-ring (bicyclic) bond motifs is 1. The summed E-state index contributed by atoms with van der Waals surface area (Å²) in [5.74, 6) is -0.222. The van der Waals surface area contributed by atoms with E-state index in [0.717, 1.165) is 22.1 Å². The molecule has 3 aromatic carbocycles. The van der Waals surface area contributed by atoms with Crippen LogP contribution in [-0.4, -0.2) is 0 Å². The summed E-state index contributed by atoms with van der Waals surface area (Å²) in [7, 11) is 0. The molecule has 0 aliphatic heterocycles. The van der Waals surface area contributed by atoms with Crippen LogP contribution in [0.25, 0.3) is 21.9 Å². The van der Waals surface area contributed by atoms with Crippen LogP contribution in [0.2, 0.25) is 5.02 Å². The largest absolute Gasteiger partial charge is 0.326 e. The van der Waals surface area contributed by atoms with E-state index in [1.807, 2.05) is 36.4 Å². The van der Waals surface area contributed by atoms with Gasteiger partial charge in [-0.2, -0.15) is 0 Å². The Hall–Kier alpha value is -1.90. The van der Waals surface area contributed by atoms with Gasteiger partial charge in [0.2, 0.25) is 0 Å². The molecular formula is C17H13ClFN. The highest BCUT2D eigenvalue weighted by molar-refractivity contribution is 6.31. The van der Waals surface area contributed by atoms with Crippen molar-refractivity contribution in [2.24, 2.45) is 5.73 Å². The number of nitrogens with two attached hydrogens (primary N) is 1. The van der Waals surface area contributed by atoms with E-state index in [1.165, 1.54) is 6.07 Å². The normalized spacial score (nSPS) is 10.9. The van der Waals surface area contributed by atoms with Gasteiger partial charge in [0.1, 0.15) is 5.82 Å². The minimum atomic E-state index is -0.222. The highest BCUT2D eigenvalue weighted by Crippen LogP contribution is 2.33. The minimum Gasteiger partial charge on any atom is -0.326 e. The van der Waals surface area contributed by atoms with E-state index in [0.29, 0.717) is 17.0 Å². The predicted octanol–water partition coefficient (Wildman–Crippen LogP) is 4.76. The average molecular weight is 286 g/mol. The second kappa shape index (κ2) is 5.23. The fraction of sp³-hybridized carbons (Fsp3) is 0.0588. The summed E-state index contributed by atoms with van der Waals surface area (Å²) in [6, 6.07) is 16.3. The van der Waals surface area contributed by atoms with Crippen molar-refractivity contribution in [2.75, 3.05) is 0 Å². The van der Waals surface area contributed by atoms with E-state index in [1.54, 1.807) is 12.1 Å². The lowest BCUT2D eigenvalue weighted by Crippen LogP contribution is -1.99. The third-order valence-electron chi connectivity index (χ3n) is 3.45. The highest BCUT2D eigenvalue weighted by Gasteiger charge is 2.10. The monoisotopic (exact) mass is 285 g/mol. The predicted molar refractivity (Wildman–Crippen MR) is 82.2 cm³/mol. The zero-order valence-electron chi connectivity index (χ0n) is 10.7. The number of hydrogen-bond donors (Lipinski definition) is 1. The van der Waals surface area contributed by atoms with Gasteiger partial charge in [-0.05, 0) is 40.3 Å². The van der Waals surface area contributed by atoms with E-state index in [-0.39, 0.29) is 5.82 Å². The first kappa shape index (κ1) is 13.1. The van der Waals surface area contributed by atoms with Crippen molar-refractivity contribution in [3.8, 4) is 11.1 Å². The Kier molecular flexibility index (Phi) is 3.43. The SMILES string of the molecule is NCc1ccc(Cl)cc1-c1ccc(F)c2ccccc12. The van der Waals surface area contributed by atoms with Crippen molar-refractivity contribution in [1.29, 1.82) is 0 Å². The summed E-state index contributed by atoms with van der Waals surface area (Å²) < 4.78 is 13.9. The summed E-state index contributed by atoms with van der Waals surface area (Å²) in [4.78, 5) is 0. The zero-order valence-corrected chi connectivity index (χ0v) is 11.5. The van der Waals surface area contributed by atoms with E-state index in [9.17, 15) is 4.39 Å². The van der Waals surface area contributed by atoms with Crippen molar-refractivity contribution >= 4 is 22.4 Å². The fourth-order valence-corrected chi connectivity index (χ4v) is 2.65. The van der Waals surface area contributed by atoms with Gasteiger partial charge in [-0.1, -0.05) is 48.0 Å². The summed E-state index contributed by atoms with van der Waals surface area (Å²) in [5, 5.41) is 2.11. The van der Waals surface area contributed by atoms with Crippen LogP contribution >= 0.6 is 11.6 Å². The number of rotatable bonds is 2. The van der Waals surface area contributed by atoms with E-state index in [4.69, 9.17) is 17.3 Å². The molecule has 0 unspecified atom stereocenters. The molecule has 0 radical (unpaired) electrons. The maximum absolute atomic E-state index is 13.9. The molecule has 0 aromatic heterocycles. The second-order valence-corrected chi connectivity index (χ2v) is 5.08. The van der Waals surface area contributed by atoms with Crippen LogP contribution in [0.1, 0.15) is 5.56 Å². The van der Waals surface area contributed by atoms with E-state index >= 15 is 0 Å². The number of halogens is 2. The van der Waals surface area contributed by atoms with Crippen molar-refractivity contribution < 1.29 is 4.39 Å². The maximum atomic E-state index is 13.9. The molecule has 0 fully saturated rings. The van der Waals surface area contributed by atoms with E-state index < -0.39 is 0 Å². The maximum Gasteiger partial charge on any atom is 0.131 e. The first-order valence-electron chi connectivity index (χ1n) is 6.37. The Balaban J connectivity index is 2.36. The van der Waals surface area contributed by atoms with Crippen molar-refractivity contribution in [3.63, 3.8) is 0 Å². The van der Waals surface area contributed by atoms with Crippen LogP contribution in [0.5, 0.6) is 0 Å². The Morgan fingerprint density at radius 2 is 1.65 bits per heavy atom. The summed E-state index contributed by atoms with van der Waals surface area (Å²) in [5.41, 5.74) is 8.69. The Morgan fingerprint density at radius 3 is 2.40 bits per heavy atom. The third-order valence-corrected chi connectivity index (χ3v) is 3.69. The third kappa shape index (κ3) is 2.17. The smallest absolute Gasteiger partial charge is 0.131 e. The molecule has 0 saturated carbocycles.